The van der Waals surface area contributed by atoms with Gasteiger partial charge >= 0.3 is 6.18 Å². The molecule has 2 N–H and O–H groups in total. The van der Waals surface area contributed by atoms with Crippen molar-refractivity contribution >= 4 is 16.8 Å². The van der Waals surface area contributed by atoms with Gasteiger partial charge in [0.05, 0.1) is 6.54 Å². The third-order valence-corrected chi connectivity index (χ3v) is 2.30. The maximum atomic E-state index is 12.4. The van der Waals surface area contributed by atoms with E-state index in [1.807, 2.05) is 0 Å². The number of halogens is 3. The van der Waals surface area contributed by atoms with Crippen molar-refractivity contribution in [2.75, 3.05) is 6.54 Å². The van der Waals surface area contributed by atoms with Crippen molar-refractivity contribution in [3.05, 3.63) is 35.6 Å². The number of hydrogen-bond acceptors (Lipinski definition) is 3. The molecule has 0 radical (unpaired) electrons. The molecule has 1 aromatic carbocycles. The number of Topliss-reactive ketones (excluding diaryl/α,β-unsaturated/α-hetero) is 1. The zero-order valence-corrected chi connectivity index (χ0v) is 8.54. The van der Waals surface area contributed by atoms with Crippen molar-refractivity contribution in [3.63, 3.8) is 0 Å². The second-order valence-corrected chi connectivity index (χ2v) is 3.49. The van der Waals surface area contributed by atoms with Crippen molar-refractivity contribution in [3.8, 4) is 0 Å². The smallest absolute Gasteiger partial charge is 0.449 e. The van der Waals surface area contributed by atoms with Gasteiger partial charge in [-0.25, -0.2) is 0 Å². The molecule has 0 aliphatic heterocycles. The monoisotopic (exact) mass is 243 g/mol. The van der Waals surface area contributed by atoms with Crippen LogP contribution < -0.4 is 5.73 Å². The zero-order chi connectivity index (χ0) is 12.6. The molecule has 0 fully saturated rings. The molecule has 17 heavy (non-hydrogen) atoms. The Labute approximate surface area is 94.0 Å². The average Bonchev–Trinajstić information content (AvgIpc) is 2.70. The molecule has 0 unspecified atom stereocenters. The van der Waals surface area contributed by atoms with Crippen molar-refractivity contribution in [1.29, 1.82) is 0 Å². The fourth-order valence-electron chi connectivity index (χ4n) is 1.47. The highest BCUT2D eigenvalue weighted by Crippen LogP contribution is 2.33. The maximum Gasteiger partial charge on any atom is 0.449 e. The minimum Gasteiger partial charge on any atom is -0.452 e. The lowest BCUT2D eigenvalue weighted by molar-refractivity contribution is -0.152. The Balaban J connectivity index is 2.52. The zero-order valence-electron chi connectivity index (χ0n) is 8.54. The quantitative estimate of drug-likeness (QED) is 0.825. The van der Waals surface area contributed by atoms with Crippen LogP contribution in [0.15, 0.2) is 28.7 Å². The molecule has 0 saturated heterocycles. The first-order chi connectivity index (χ1) is 7.91. The van der Waals surface area contributed by atoms with Crippen LogP contribution in [0.25, 0.3) is 11.0 Å². The van der Waals surface area contributed by atoms with Crippen LogP contribution >= 0.6 is 0 Å². The summed E-state index contributed by atoms with van der Waals surface area (Å²) in [7, 11) is 0. The van der Waals surface area contributed by atoms with Gasteiger partial charge in [-0.2, -0.15) is 13.2 Å². The van der Waals surface area contributed by atoms with E-state index in [1.165, 1.54) is 18.2 Å². The number of nitrogens with two attached hydrogens (primary N) is 1. The van der Waals surface area contributed by atoms with Crippen LogP contribution in [0.3, 0.4) is 0 Å². The molecule has 90 valence electrons. The highest BCUT2D eigenvalue weighted by atomic mass is 19.4. The van der Waals surface area contributed by atoms with E-state index in [4.69, 9.17) is 5.73 Å². The van der Waals surface area contributed by atoms with E-state index in [1.54, 1.807) is 0 Å². The Hall–Kier alpha value is -1.82. The van der Waals surface area contributed by atoms with Gasteiger partial charge < -0.3 is 10.2 Å². The van der Waals surface area contributed by atoms with Gasteiger partial charge in [0.15, 0.2) is 5.78 Å². The molecule has 2 rings (SSSR count). The molecule has 0 aliphatic rings. The van der Waals surface area contributed by atoms with Gasteiger partial charge in [0, 0.05) is 10.9 Å². The Bertz CT molecular complexity index is 572. The van der Waals surface area contributed by atoms with Crippen LogP contribution in [0, 0.1) is 0 Å². The molecular weight excluding hydrogens is 235 g/mol. The summed E-state index contributed by atoms with van der Waals surface area (Å²) < 4.78 is 41.7. The predicted octanol–water partition coefficient (Wildman–Crippen LogP) is 2.59. The lowest BCUT2D eigenvalue weighted by atomic mass is 10.1. The van der Waals surface area contributed by atoms with Crippen molar-refractivity contribution < 1.29 is 22.4 Å². The van der Waals surface area contributed by atoms with E-state index >= 15 is 0 Å². The minimum atomic E-state index is -4.53. The Kier molecular flexibility index (Phi) is 2.66. The normalized spacial score (nSPS) is 12.0. The van der Waals surface area contributed by atoms with Crippen LogP contribution in [0.2, 0.25) is 0 Å². The first-order valence-electron chi connectivity index (χ1n) is 4.76. The summed E-state index contributed by atoms with van der Waals surface area (Å²) in [4.78, 5) is 11.3. The molecule has 0 aliphatic carbocycles. The van der Waals surface area contributed by atoms with Crippen molar-refractivity contribution in [2.45, 2.75) is 6.18 Å². The SMILES string of the molecule is NCC(=O)c1ccc2oc(C(F)(F)F)cc2c1. The molecule has 0 saturated carbocycles. The van der Waals surface area contributed by atoms with E-state index < -0.39 is 11.9 Å². The number of carbonyl (C=O) groups is 1. The summed E-state index contributed by atoms with van der Waals surface area (Å²) in [5.41, 5.74) is 5.53. The molecule has 2 aromatic rings. The number of ketones is 1. The Morgan fingerprint density at radius 1 is 1.29 bits per heavy atom. The van der Waals surface area contributed by atoms with Gasteiger partial charge in [-0.05, 0) is 24.3 Å². The van der Waals surface area contributed by atoms with Crippen LogP contribution in [-0.2, 0) is 6.18 Å². The number of furan rings is 1. The Morgan fingerprint density at radius 2 is 2.00 bits per heavy atom. The predicted molar refractivity (Wildman–Crippen MR) is 54.6 cm³/mol. The number of rotatable bonds is 2. The van der Waals surface area contributed by atoms with E-state index in [9.17, 15) is 18.0 Å². The first-order valence-corrected chi connectivity index (χ1v) is 4.76. The maximum absolute atomic E-state index is 12.4. The summed E-state index contributed by atoms with van der Waals surface area (Å²) in [6.07, 6.45) is -4.53. The topological polar surface area (TPSA) is 56.2 Å². The number of hydrogen-bond donors (Lipinski definition) is 1. The number of carbonyl (C=O) groups excluding carboxylic acids is 1. The van der Waals surface area contributed by atoms with Gasteiger partial charge in [-0.15, -0.1) is 0 Å². The van der Waals surface area contributed by atoms with Gasteiger partial charge in [-0.1, -0.05) is 0 Å². The third-order valence-electron chi connectivity index (χ3n) is 2.30. The molecule has 1 aromatic heterocycles. The lowest BCUT2D eigenvalue weighted by Crippen LogP contribution is -2.13. The highest BCUT2D eigenvalue weighted by Gasteiger charge is 2.35. The van der Waals surface area contributed by atoms with Gasteiger partial charge in [-0.3, -0.25) is 4.79 Å². The second kappa shape index (κ2) is 3.89. The molecule has 1 heterocycles. The molecule has 0 atom stereocenters. The lowest BCUT2D eigenvalue weighted by Gasteiger charge is -1.98. The number of fused-ring (bicyclic) bond motifs is 1. The molecule has 6 heteroatoms. The summed E-state index contributed by atoms with van der Waals surface area (Å²) in [6.45, 7) is -0.185. The molecule has 0 bridgehead atoms. The van der Waals surface area contributed by atoms with Crippen LogP contribution in [0.4, 0.5) is 13.2 Å². The van der Waals surface area contributed by atoms with Crippen LogP contribution in [-0.4, -0.2) is 12.3 Å². The van der Waals surface area contributed by atoms with E-state index in [-0.39, 0.29) is 28.9 Å². The van der Waals surface area contributed by atoms with Crippen LogP contribution in [0.1, 0.15) is 16.1 Å². The fraction of sp³-hybridized carbons (Fsp3) is 0.182. The highest BCUT2D eigenvalue weighted by molar-refractivity contribution is 6.00. The first kappa shape index (κ1) is 11.7. The van der Waals surface area contributed by atoms with Crippen molar-refractivity contribution in [1.82, 2.24) is 0 Å². The van der Waals surface area contributed by atoms with Gasteiger partial charge in [0.2, 0.25) is 5.76 Å². The number of benzene rings is 1. The standard InChI is InChI=1S/C11H8F3NO2/c12-11(13,14)10-4-7-3-6(8(16)5-15)1-2-9(7)17-10/h1-4H,5,15H2. The average molecular weight is 243 g/mol. The summed E-state index contributed by atoms with van der Waals surface area (Å²) in [5.74, 6) is -1.41. The Morgan fingerprint density at radius 3 is 2.59 bits per heavy atom. The molecular formula is C11H8F3NO2. The van der Waals surface area contributed by atoms with Crippen LogP contribution in [0.5, 0.6) is 0 Å². The fourth-order valence-corrected chi connectivity index (χ4v) is 1.47. The minimum absolute atomic E-state index is 0.0888. The van der Waals surface area contributed by atoms with E-state index in [0.29, 0.717) is 0 Å². The summed E-state index contributed by atoms with van der Waals surface area (Å²) in [6, 6.07) is 4.92. The largest absolute Gasteiger partial charge is 0.452 e. The summed E-state index contributed by atoms with van der Waals surface area (Å²) >= 11 is 0. The van der Waals surface area contributed by atoms with Gasteiger partial charge in [0.1, 0.15) is 5.58 Å². The molecule has 3 nitrogen and oxygen atoms in total. The van der Waals surface area contributed by atoms with Crippen molar-refractivity contribution in [2.24, 2.45) is 5.73 Å². The molecule has 0 amide bonds. The van der Waals surface area contributed by atoms with Gasteiger partial charge in [0.25, 0.3) is 0 Å². The number of alkyl halides is 3. The summed E-state index contributed by atoms with van der Waals surface area (Å²) in [5, 5.41) is 0.233. The second-order valence-electron chi connectivity index (χ2n) is 3.49. The third kappa shape index (κ3) is 2.16. The molecule has 0 spiro atoms. The van der Waals surface area contributed by atoms with E-state index in [0.717, 1.165) is 6.07 Å². The van der Waals surface area contributed by atoms with E-state index in [2.05, 4.69) is 4.42 Å².